The Morgan fingerprint density at radius 3 is 2.83 bits per heavy atom. The van der Waals surface area contributed by atoms with Crippen molar-refractivity contribution in [2.45, 2.75) is 6.10 Å². The van der Waals surface area contributed by atoms with Crippen LogP contribution in [0.1, 0.15) is 11.7 Å². The van der Waals surface area contributed by atoms with Gasteiger partial charge in [-0.2, -0.15) is 0 Å². The second-order valence-electron chi connectivity index (χ2n) is 3.05. The Hall–Kier alpha value is 0.1000. The molecule has 0 bridgehead atoms. The first-order chi connectivity index (χ1) is 5.77. The average Bonchev–Trinajstić information content (AvgIpc) is 2.31. The average molecular weight is 248 g/mol. The van der Waals surface area contributed by atoms with Crippen LogP contribution in [-0.2, 0) is 0 Å². The van der Waals surface area contributed by atoms with E-state index in [1.54, 1.807) is 11.3 Å². The van der Waals surface area contributed by atoms with E-state index >= 15 is 0 Å². The number of halogens is 1. The number of nitrogens with one attached hydrogen (secondary N) is 1. The van der Waals surface area contributed by atoms with Crippen LogP contribution >= 0.6 is 27.3 Å². The third-order valence-corrected chi connectivity index (χ3v) is 3.71. The summed E-state index contributed by atoms with van der Waals surface area (Å²) in [5, 5.41) is 15.0. The van der Waals surface area contributed by atoms with E-state index < -0.39 is 0 Å². The quantitative estimate of drug-likeness (QED) is 0.835. The summed E-state index contributed by atoms with van der Waals surface area (Å²) in [5.74, 6) is 0.409. The van der Waals surface area contributed by atoms with Crippen molar-refractivity contribution in [2.75, 3.05) is 13.1 Å². The molecule has 1 saturated heterocycles. The van der Waals surface area contributed by atoms with Crippen molar-refractivity contribution in [3.63, 3.8) is 0 Å². The zero-order valence-electron chi connectivity index (χ0n) is 6.46. The van der Waals surface area contributed by atoms with Gasteiger partial charge >= 0.3 is 0 Å². The lowest BCUT2D eigenvalue weighted by Gasteiger charge is -2.31. The van der Waals surface area contributed by atoms with Crippen LogP contribution in [0.25, 0.3) is 0 Å². The van der Waals surface area contributed by atoms with Crippen molar-refractivity contribution in [1.82, 2.24) is 5.32 Å². The number of hydrogen-bond donors (Lipinski definition) is 2. The second kappa shape index (κ2) is 3.46. The molecule has 0 amide bonds. The molecule has 66 valence electrons. The van der Waals surface area contributed by atoms with Crippen molar-refractivity contribution in [3.8, 4) is 0 Å². The third-order valence-electron chi connectivity index (χ3n) is 2.19. The van der Waals surface area contributed by atoms with E-state index in [0.29, 0.717) is 5.92 Å². The van der Waals surface area contributed by atoms with Gasteiger partial charge in [-0.25, -0.2) is 0 Å². The van der Waals surface area contributed by atoms with Gasteiger partial charge in [-0.1, -0.05) is 0 Å². The van der Waals surface area contributed by atoms with E-state index in [0.717, 1.165) is 22.4 Å². The molecule has 12 heavy (non-hydrogen) atoms. The Morgan fingerprint density at radius 2 is 2.42 bits per heavy atom. The van der Waals surface area contributed by atoms with Gasteiger partial charge in [-0.05, 0) is 32.9 Å². The standard InChI is InChI=1S/C8H10BrNOS/c9-7-1-5(4-12-7)8(11)6-2-10-3-6/h1,4,6,8,10-11H,2-3H2. The van der Waals surface area contributed by atoms with Crippen LogP contribution in [0.3, 0.4) is 0 Å². The fourth-order valence-corrected chi connectivity index (χ4v) is 2.49. The molecule has 2 heterocycles. The van der Waals surface area contributed by atoms with E-state index in [-0.39, 0.29) is 6.10 Å². The van der Waals surface area contributed by atoms with Crippen LogP contribution in [0.15, 0.2) is 15.2 Å². The summed E-state index contributed by atoms with van der Waals surface area (Å²) in [5.41, 5.74) is 1.04. The lowest BCUT2D eigenvalue weighted by atomic mass is 9.93. The first kappa shape index (κ1) is 8.69. The number of rotatable bonds is 2. The molecule has 0 saturated carbocycles. The van der Waals surface area contributed by atoms with E-state index in [9.17, 15) is 5.11 Å². The minimum atomic E-state index is -0.284. The van der Waals surface area contributed by atoms with Gasteiger partial charge in [-0.15, -0.1) is 11.3 Å². The third kappa shape index (κ3) is 1.57. The highest BCUT2D eigenvalue weighted by atomic mass is 79.9. The summed E-state index contributed by atoms with van der Waals surface area (Å²) in [7, 11) is 0. The van der Waals surface area contributed by atoms with Gasteiger partial charge in [0.25, 0.3) is 0 Å². The molecule has 1 fully saturated rings. The summed E-state index contributed by atoms with van der Waals surface area (Å²) in [4.78, 5) is 0. The number of aliphatic hydroxyl groups excluding tert-OH is 1. The number of hydrogen-bond acceptors (Lipinski definition) is 3. The normalized spacial score (nSPS) is 20.5. The summed E-state index contributed by atoms with van der Waals surface area (Å²) in [6, 6.07) is 1.99. The summed E-state index contributed by atoms with van der Waals surface area (Å²) in [6.45, 7) is 1.88. The molecule has 4 heteroatoms. The Morgan fingerprint density at radius 1 is 1.67 bits per heavy atom. The Labute approximate surface area is 83.7 Å². The SMILES string of the molecule is OC(c1csc(Br)c1)C1CNC1. The molecule has 0 aliphatic carbocycles. The van der Waals surface area contributed by atoms with E-state index in [2.05, 4.69) is 21.2 Å². The first-order valence-corrected chi connectivity index (χ1v) is 5.57. The maximum Gasteiger partial charge on any atom is 0.0850 e. The van der Waals surface area contributed by atoms with Crippen molar-refractivity contribution in [2.24, 2.45) is 5.92 Å². The first-order valence-electron chi connectivity index (χ1n) is 3.90. The zero-order valence-corrected chi connectivity index (χ0v) is 8.86. The van der Waals surface area contributed by atoms with Crippen molar-refractivity contribution >= 4 is 27.3 Å². The highest BCUT2D eigenvalue weighted by Crippen LogP contribution is 2.30. The minimum absolute atomic E-state index is 0.284. The van der Waals surface area contributed by atoms with E-state index in [4.69, 9.17) is 0 Å². The number of aliphatic hydroxyl groups is 1. The van der Waals surface area contributed by atoms with Gasteiger partial charge in [0.15, 0.2) is 0 Å². The zero-order chi connectivity index (χ0) is 8.55. The predicted molar refractivity (Wildman–Crippen MR) is 53.3 cm³/mol. The van der Waals surface area contributed by atoms with Crippen LogP contribution in [0.5, 0.6) is 0 Å². The molecule has 1 aliphatic heterocycles. The van der Waals surface area contributed by atoms with Crippen LogP contribution in [0, 0.1) is 5.92 Å². The van der Waals surface area contributed by atoms with Crippen molar-refractivity contribution in [1.29, 1.82) is 0 Å². The van der Waals surface area contributed by atoms with E-state index in [1.807, 2.05) is 11.4 Å². The molecule has 1 aromatic rings. The highest BCUT2D eigenvalue weighted by Gasteiger charge is 2.26. The summed E-state index contributed by atoms with van der Waals surface area (Å²) < 4.78 is 1.09. The van der Waals surface area contributed by atoms with Crippen LogP contribution in [0.4, 0.5) is 0 Å². The fourth-order valence-electron chi connectivity index (χ4n) is 1.28. The summed E-state index contributed by atoms with van der Waals surface area (Å²) >= 11 is 5.00. The van der Waals surface area contributed by atoms with Crippen LogP contribution < -0.4 is 5.32 Å². The Balaban J connectivity index is 2.08. The molecule has 1 unspecified atom stereocenters. The highest BCUT2D eigenvalue weighted by molar-refractivity contribution is 9.11. The molecule has 1 aromatic heterocycles. The van der Waals surface area contributed by atoms with Gasteiger partial charge in [0.2, 0.25) is 0 Å². The molecular formula is C8H10BrNOS. The Kier molecular flexibility index (Phi) is 2.50. The second-order valence-corrected chi connectivity index (χ2v) is 5.34. The molecule has 0 aromatic carbocycles. The number of thiophene rings is 1. The summed E-state index contributed by atoms with van der Waals surface area (Å²) in [6.07, 6.45) is -0.284. The van der Waals surface area contributed by atoms with Gasteiger partial charge in [-0.3, -0.25) is 0 Å². The van der Waals surface area contributed by atoms with Gasteiger partial charge in [0, 0.05) is 19.0 Å². The van der Waals surface area contributed by atoms with Gasteiger partial charge in [0.05, 0.1) is 9.89 Å². The van der Waals surface area contributed by atoms with Crippen LogP contribution in [0.2, 0.25) is 0 Å². The molecular weight excluding hydrogens is 238 g/mol. The molecule has 0 radical (unpaired) electrons. The lowest BCUT2D eigenvalue weighted by molar-refractivity contribution is 0.0770. The minimum Gasteiger partial charge on any atom is -0.388 e. The fraction of sp³-hybridized carbons (Fsp3) is 0.500. The van der Waals surface area contributed by atoms with Crippen LogP contribution in [-0.4, -0.2) is 18.2 Å². The van der Waals surface area contributed by atoms with Gasteiger partial charge < -0.3 is 10.4 Å². The monoisotopic (exact) mass is 247 g/mol. The van der Waals surface area contributed by atoms with Crippen molar-refractivity contribution in [3.05, 3.63) is 20.8 Å². The predicted octanol–water partition coefficient (Wildman–Crippen LogP) is 1.76. The smallest absolute Gasteiger partial charge is 0.0850 e. The molecule has 2 rings (SSSR count). The molecule has 1 aliphatic rings. The topological polar surface area (TPSA) is 32.3 Å². The molecule has 0 spiro atoms. The Bertz CT molecular complexity index is 272. The maximum atomic E-state index is 9.80. The maximum absolute atomic E-state index is 9.80. The largest absolute Gasteiger partial charge is 0.388 e. The van der Waals surface area contributed by atoms with E-state index in [1.165, 1.54) is 0 Å². The van der Waals surface area contributed by atoms with Gasteiger partial charge in [0.1, 0.15) is 0 Å². The molecule has 2 N–H and O–H groups in total. The molecule has 2 nitrogen and oxygen atoms in total. The van der Waals surface area contributed by atoms with Crippen molar-refractivity contribution < 1.29 is 5.11 Å². The lowest BCUT2D eigenvalue weighted by Crippen LogP contribution is -2.45. The molecule has 1 atom stereocenters.